The SMILES string of the molecule is CC(=O)c1ccc(S(=O)(=O)N(C)CCCC(=O)N(C)C(C)CN)cc1.Cl. The molecule has 0 saturated heterocycles. The fourth-order valence-corrected chi connectivity index (χ4v) is 3.40. The number of amides is 1. The summed E-state index contributed by atoms with van der Waals surface area (Å²) in [6.07, 6.45) is 0.672. The Morgan fingerprint density at radius 1 is 1.15 bits per heavy atom. The van der Waals surface area contributed by atoms with Crippen molar-refractivity contribution in [1.29, 1.82) is 0 Å². The maximum absolute atomic E-state index is 12.5. The van der Waals surface area contributed by atoms with Crippen molar-refractivity contribution in [1.82, 2.24) is 9.21 Å². The summed E-state index contributed by atoms with van der Waals surface area (Å²) in [7, 11) is -0.475. The predicted octanol–water partition coefficient (Wildman–Crippen LogP) is 1.52. The van der Waals surface area contributed by atoms with Crippen LogP contribution in [0.5, 0.6) is 0 Å². The number of ketones is 1. The van der Waals surface area contributed by atoms with Crippen molar-refractivity contribution in [2.75, 3.05) is 27.2 Å². The second-order valence-electron chi connectivity index (χ2n) is 6.10. The van der Waals surface area contributed by atoms with E-state index in [1.165, 1.54) is 42.5 Å². The zero-order valence-corrected chi connectivity index (χ0v) is 17.3. The number of hydrogen-bond acceptors (Lipinski definition) is 5. The van der Waals surface area contributed by atoms with Crippen LogP contribution in [0, 0.1) is 0 Å². The molecule has 1 amide bonds. The number of sulfonamides is 1. The van der Waals surface area contributed by atoms with Gasteiger partial charge in [0, 0.05) is 45.2 Å². The zero-order valence-electron chi connectivity index (χ0n) is 15.6. The highest BCUT2D eigenvalue weighted by molar-refractivity contribution is 7.89. The Labute approximate surface area is 162 Å². The smallest absolute Gasteiger partial charge is 0.242 e. The first-order valence-electron chi connectivity index (χ1n) is 8.14. The van der Waals surface area contributed by atoms with Crippen molar-refractivity contribution >= 4 is 34.1 Å². The van der Waals surface area contributed by atoms with E-state index < -0.39 is 10.0 Å². The van der Waals surface area contributed by atoms with Crippen LogP contribution in [-0.2, 0) is 14.8 Å². The first-order chi connectivity index (χ1) is 11.6. The molecule has 1 atom stereocenters. The topological polar surface area (TPSA) is 101 Å². The molecule has 2 N–H and O–H groups in total. The van der Waals surface area contributed by atoms with Crippen molar-refractivity contribution in [3.63, 3.8) is 0 Å². The van der Waals surface area contributed by atoms with Crippen LogP contribution in [0.2, 0.25) is 0 Å². The van der Waals surface area contributed by atoms with Gasteiger partial charge in [0.1, 0.15) is 0 Å². The average Bonchev–Trinajstić information content (AvgIpc) is 2.59. The summed E-state index contributed by atoms with van der Waals surface area (Å²) in [5.41, 5.74) is 6.00. The largest absolute Gasteiger partial charge is 0.342 e. The minimum atomic E-state index is -3.64. The van der Waals surface area contributed by atoms with Crippen LogP contribution < -0.4 is 5.73 Å². The van der Waals surface area contributed by atoms with E-state index in [0.717, 1.165) is 0 Å². The van der Waals surface area contributed by atoms with Gasteiger partial charge in [0.15, 0.2) is 5.78 Å². The Balaban J connectivity index is 0.00000625. The molecule has 26 heavy (non-hydrogen) atoms. The molecule has 0 aliphatic heterocycles. The summed E-state index contributed by atoms with van der Waals surface area (Å²) in [5.74, 6) is -0.179. The Morgan fingerprint density at radius 3 is 2.15 bits per heavy atom. The van der Waals surface area contributed by atoms with E-state index >= 15 is 0 Å². The highest BCUT2D eigenvalue weighted by atomic mass is 35.5. The van der Waals surface area contributed by atoms with E-state index in [4.69, 9.17) is 5.73 Å². The van der Waals surface area contributed by atoms with Crippen LogP contribution in [0.1, 0.15) is 37.0 Å². The van der Waals surface area contributed by atoms with Gasteiger partial charge in [-0.2, -0.15) is 0 Å². The highest BCUT2D eigenvalue weighted by Crippen LogP contribution is 2.16. The minimum absolute atomic E-state index is 0. The third-order valence-electron chi connectivity index (χ3n) is 4.23. The van der Waals surface area contributed by atoms with Gasteiger partial charge in [-0.05, 0) is 32.4 Å². The van der Waals surface area contributed by atoms with Crippen molar-refractivity contribution in [2.24, 2.45) is 5.73 Å². The number of hydrogen-bond donors (Lipinski definition) is 1. The van der Waals surface area contributed by atoms with Gasteiger partial charge in [-0.1, -0.05) is 12.1 Å². The standard InChI is InChI=1S/C17H27N3O4S.ClH/c1-13(12-18)20(4)17(22)6-5-11-19(3)25(23,24)16-9-7-15(8-10-16)14(2)21;/h7-10,13H,5-6,11-12,18H2,1-4H3;1H. The lowest BCUT2D eigenvalue weighted by molar-refractivity contribution is -0.131. The van der Waals surface area contributed by atoms with Crippen molar-refractivity contribution < 1.29 is 18.0 Å². The first-order valence-corrected chi connectivity index (χ1v) is 9.58. The molecular weight excluding hydrogens is 378 g/mol. The van der Waals surface area contributed by atoms with E-state index in [0.29, 0.717) is 18.5 Å². The third-order valence-corrected chi connectivity index (χ3v) is 6.10. The molecule has 1 rings (SSSR count). The average molecular weight is 406 g/mol. The molecule has 148 valence electrons. The number of carbonyl (C=O) groups excluding carboxylic acids is 2. The van der Waals surface area contributed by atoms with Crippen LogP contribution in [0.25, 0.3) is 0 Å². The number of nitrogens with two attached hydrogens (primary N) is 1. The minimum Gasteiger partial charge on any atom is -0.342 e. The van der Waals surface area contributed by atoms with E-state index in [9.17, 15) is 18.0 Å². The summed E-state index contributed by atoms with van der Waals surface area (Å²) in [4.78, 5) is 25.0. The summed E-state index contributed by atoms with van der Waals surface area (Å²) >= 11 is 0. The molecule has 0 fully saturated rings. The van der Waals surface area contributed by atoms with Gasteiger partial charge in [0.2, 0.25) is 15.9 Å². The number of nitrogens with zero attached hydrogens (tertiary/aromatic N) is 2. The molecule has 0 spiro atoms. The van der Waals surface area contributed by atoms with Gasteiger partial charge in [0.25, 0.3) is 0 Å². The predicted molar refractivity (Wildman–Crippen MR) is 104 cm³/mol. The summed E-state index contributed by atoms with van der Waals surface area (Å²) in [6.45, 7) is 3.90. The third kappa shape index (κ3) is 6.35. The van der Waals surface area contributed by atoms with Crippen molar-refractivity contribution in [2.45, 2.75) is 37.6 Å². The molecule has 0 saturated carbocycles. The Bertz CT molecular complexity index is 707. The molecule has 7 nitrogen and oxygen atoms in total. The molecule has 1 aromatic rings. The quantitative estimate of drug-likeness (QED) is 0.627. The lowest BCUT2D eigenvalue weighted by Gasteiger charge is -2.24. The van der Waals surface area contributed by atoms with Crippen LogP contribution in [0.4, 0.5) is 0 Å². The van der Waals surface area contributed by atoms with Crippen molar-refractivity contribution in [3.05, 3.63) is 29.8 Å². The van der Waals surface area contributed by atoms with Crippen molar-refractivity contribution in [3.8, 4) is 0 Å². The molecule has 9 heteroatoms. The molecule has 0 heterocycles. The van der Waals surface area contributed by atoms with Gasteiger partial charge in [-0.15, -0.1) is 12.4 Å². The van der Waals surface area contributed by atoms with Gasteiger partial charge in [0.05, 0.1) is 4.90 Å². The molecule has 1 unspecified atom stereocenters. The maximum atomic E-state index is 12.5. The fourth-order valence-electron chi connectivity index (χ4n) is 2.19. The molecule has 0 aromatic heterocycles. The van der Waals surface area contributed by atoms with E-state index in [-0.39, 0.29) is 48.0 Å². The fraction of sp³-hybridized carbons (Fsp3) is 0.529. The van der Waals surface area contributed by atoms with Gasteiger partial charge in [-0.3, -0.25) is 9.59 Å². The maximum Gasteiger partial charge on any atom is 0.242 e. The van der Waals surface area contributed by atoms with Crippen LogP contribution >= 0.6 is 12.4 Å². The van der Waals surface area contributed by atoms with E-state index in [1.807, 2.05) is 6.92 Å². The number of benzene rings is 1. The number of Topliss-reactive ketones (excluding diaryl/α,β-unsaturated/α-hetero) is 1. The lowest BCUT2D eigenvalue weighted by atomic mass is 10.2. The molecule has 0 bridgehead atoms. The van der Waals surface area contributed by atoms with Gasteiger partial charge in [-0.25, -0.2) is 12.7 Å². The molecule has 1 aromatic carbocycles. The van der Waals surface area contributed by atoms with Crippen LogP contribution in [-0.4, -0.2) is 62.5 Å². The number of carbonyl (C=O) groups is 2. The van der Waals surface area contributed by atoms with E-state index in [1.54, 1.807) is 11.9 Å². The van der Waals surface area contributed by atoms with Crippen LogP contribution in [0.15, 0.2) is 29.2 Å². The lowest BCUT2D eigenvalue weighted by Crippen LogP contribution is -2.40. The molecule has 0 aliphatic rings. The zero-order chi connectivity index (χ0) is 19.2. The van der Waals surface area contributed by atoms with Gasteiger partial charge < -0.3 is 10.6 Å². The Kier molecular flexibility index (Phi) is 10.0. The van der Waals surface area contributed by atoms with Crippen LogP contribution in [0.3, 0.4) is 0 Å². The highest BCUT2D eigenvalue weighted by Gasteiger charge is 2.21. The summed E-state index contributed by atoms with van der Waals surface area (Å²) < 4.78 is 26.2. The second-order valence-corrected chi connectivity index (χ2v) is 8.14. The molecule has 0 radical (unpaired) electrons. The summed E-state index contributed by atoms with van der Waals surface area (Å²) in [6, 6.07) is 5.79. The number of halogens is 1. The summed E-state index contributed by atoms with van der Waals surface area (Å²) in [5, 5.41) is 0. The molecular formula is C17H28ClN3O4S. The van der Waals surface area contributed by atoms with Gasteiger partial charge >= 0.3 is 0 Å². The number of likely N-dealkylation sites (N-methyl/N-ethyl adjacent to an activating group) is 1. The normalized spacial score (nSPS) is 12.4. The second kappa shape index (κ2) is 10.6. The Hall–Kier alpha value is -1.48. The van der Waals surface area contributed by atoms with E-state index in [2.05, 4.69) is 0 Å². The monoisotopic (exact) mass is 405 g/mol. The number of rotatable bonds is 9. The Morgan fingerprint density at radius 2 is 1.69 bits per heavy atom. The first kappa shape index (κ1) is 24.5. The molecule has 0 aliphatic carbocycles.